The van der Waals surface area contributed by atoms with Gasteiger partial charge in [0.25, 0.3) is 0 Å². The van der Waals surface area contributed by atoms with E-state index in [2.05, 4.69) is 4.98 Å². The van der Waals surface area contributed by atoms with Crippen molar-refractivity contribution in [2.45, 2.75) is 38.8 Å². The van der Waals surface area contributed by atoms with Crippen molar-refractivity contribution in [3.8, 4) is 0 Å². The Balaban J connectivity index is 2.06. The molecule has 5 nitrogen and oxygen atoms in total. The molecule has 0 saturated carbocycles. The number of thiazole rings is 1. The van der Waals surface area contributed by atoms with E-state index in [1.165, 1.54) is 4.88 Å². The fourth-order valence-electron chi connectivity index (χ4n) is 2.42. The van der Waals surface area contributed by atoms with Gasteiger partial charge in [-0.2, -0.15) is 0 Å². The molecule has 0 bridgehead atoms. The van der Waals surface area contributed by atoms with Crippen LogP contribution >= 0.6 is 11.3 Å². The monoisotopic (exact) mass is 284 g/mol. The molecule has 1 aromatic heterocycles. The molecule has 2 rings (SSSR count). The normalized spacial score (nSPS) is 17.2. The highest BCUT2D eigenvalue weighted by molar-refractivity contribution is 7.11. The number of fused-ring (bicyclic) bond motifs is 1. The summed E-state index contributed by atoms with van der Waals surface area (Å²) in [6.45, 7) is 4.10. The summed E-state index contributed by atoms with van der Waals surface area (Å²) in [4.78, 5) is 19.1. The van der Waals surface area contributed by atoms with Gasteiger partial charge in [-0.15, -0.1) is 11.3 Å². The van der Waals surface area contributed by atoms with Crippen molar-refractivity contribution < 1.29 is 14.6 Å². The SMILES string of the molecule is CCC(C(=O)O)N1CCc2nc(CCOC)sc2C1. The number of hydrogen-bond donors (Lipinski definition) is 1. The average Bonchev–Trinajstić information content (AvgIpc) is 2.78. The molecule has 1 atom stereocenters. The first-order valence-corrected chi connectivity index (χ1v) is 7.40. The maximum atomic E-state index is 11.2. The first-order valence-electron chi connectivity index (χ1n) is 6.59. The molecule has 2 heterocycles. The molecule has 1 N–H and O–H groups in total. The summed E-state index contributed by atoms with van der Waals surface area (Å²) in [5.74, 6) is -0.727. The van der Waals surface area contributed by atoms with Gasteiger partial charge in [0.1, 0.15) is 6.04 Å². The lowest BCUT2D eigenvalue weighted by Gasteiger charge is -2.30. The molecule has 1 aliphatic rings. The molecule has 6 heteroatoms. The molecule has 1 aromatic rings. The van der Waals surface area contributed by atoms with Crippen LogP contribution in [0.25, 0.3) is 0 Å². The molecule has 1 aliphatic heterocycles. The summed E-state index contributed by atoms with van der Waals surface area (Å²) in [5, 5.41) is 10.3. The predicted molar refractivity (Wildman–Crippen MR) is 73.5 cm³/mol. The Morgan fingerprint density at radius 3 is 3.05 bits per heavy atom. The Morgan fingerprint density at radius 2 is 2.42 bits per heavy atom. The highest BCUT2D eigenvalue weighted by Gasteiger charge is 2.29. The van der Waals surface area contributed by atoms with E-state index in [9.17, 15) is 9.90 Å². The second-order valence-corrected chi connectivity index (χ2v) is 5.87. The summed E-state index contributed by atoms with van der Waals surface area (Å²) >= 11 is 1.69. The zero-order chi connectivity index (χ0) is 13.8. The topological polar surface area (TPSA) is 62.7 Å². The Morgan fingerprint density at radius 1 is 1.63 bits per heavy atom. The van der Waals surface area contributed by atoms with Gasteiger partial charge >= 0.3 is 5.97 Å². The van der Waals surface area contributed by atoms with Crippen LogP contribution in [0, 0.1) is 0 Å². The lowest BCUT2D eigenvalue weighted by atomic mass is 10.1. The Hall–Kier alpha value is -0.980. The molecule has 0 aliphatic carbocycles. The number of carboxylic acid groups (broad SMARTS) is 1. The van der Waals surface area contributed by atoms with Crippen molar-refractivity contribution in [3.63, 3.8) is 0 Å². The third-order valence-corrected chi connectivity index (χ3v) is 4.58. The van der Waals surface area contributed by atoms with Crippen molar-refractivity contribution in [1.82, 2.24) is 9.88 Å². The molecule has 106 valence electrons. The number of aliphatic carboxylic acids is 1. The quantitative estimate of drug-likeness (QED) is 0.859. The summed E-state index contributed by atoms with van der Waals surface area (Å²) < 4.78 is 5.06. The van der Waals surface area contributed by atoms with Gasteiger partial charge in [0.15, 0.2) is 0 Å². The van der Waals surface area contributed by atoms with E-state index < -0.39 is 5.97 Å². The number of aromatic nitrogens is 1. The fraction of sp³-hybridized carbons (Fsp3) is 0.692. The minimum atomic E-state index is -0.727. The summed E-state index contributed by atoms with van der Waals surface area (Å²) in [5.41, 5.74) is 1.15. The predicted octanol–water partition coefficient (Wildman–Crippen LogP) is 1.55. The van der Waals surface area contributed by atoms with Crippen LogP contribution < -0.4 is 0 Å². The van der Waals surface area contributed by atoms with Crippen molar-refractivity contribution in [2.75, 3.05) is 20.3 Å². The van der Waals surface area contributed by atoms with Crippen LogP contribution in [0.1, 0.15) is 28.9 Å². The third kappa shape index (κ3) is 3.32. The summed E-state index contributed by atoms with van der Waals surface area (Å²) in [6.07, 6.45) is 2.33. The number of ether oxygens (including phenoxy) is 1. The minimum absolute atomic E-state index is 0.377. The van der Waals surface area contributed by atoms with Gasteiger partial charge in [-0.1, -0.05) is 6.92 Å². The van der Waals surface area contributed by atoms with Crippen LogP contribution in [-0.2, 0) is 28.9 Å². The van der Waals surface area contributed by atoms with Gasteiger partial charge in [0, 0.05) is 37.9 Å². The second kappa shape index (κ2) is 6.45. The van der Waals surface area contributed by atoms with Crippen LogP contribution in [0.5, 0.6) is 0 Å². The molecule has 0 saturated heterocycles. The second-order valence-electron chi connectivity index (χ2n) is 4.70. The zero-order valence-corrected chi connectivity index (χ0v) is 12.2. The van der Waals surface area contributed by atoms with Crippen LogP contribution in [0.2, 0.25) is 0 Å². The van der Waals surface area contributed by atoms with Gasteiger partial charge < -0.3 is 9.84 Å². The van der Waals surface area contributed by atoms with Crippen LogP contribution in [0.3, 0.4) is 0 Å². The average molecular weight is 284 g/mol. The van der Waals surface area contributed by atoms with E-state index in [0.29, 0.717) is 19.6 Å². The lowest BCUT2D eigenvalue weighted by Crippen LogP contribution is -2.43. The molecular formula is C13H20N2O3S. The smallest absolute Gasteiger partial charge is 0.320 e. The van der Waals surface area contributed by atoms with Crippen molar-refractivity contribution in [1.29, 1.82) is 0 Å². The maximum Gasteiger partial charge on any atom is 0.320 e. The van der Waals surface area contributed by atoms with Gasteiger partial charge in [-0.25, -0.2) is 4.98 Å². The molecule has 0 fully saturated rings. The molecule has 0 aromatic carbocycles. The number of rotatable bonds is 6. The van der Waals surface area contributed by atoms with Crippen molar-refractivity contribution >= 4 is 17.3 Å². The fourth-order valence-corrected chi connectivity index (χ4v) is 3.54. The van der Waals surface area contributed by atoms with E-state index in [1.807, 2.05) is 11.8 Å². The van der Waals surface area contributed by atoms with Crippen molar-refractivity contribution in [2.24, 2.45) is 0 Å². The van der Waals surface area contributed by atoms with Gasteiger partial charge in [0.2, 0.25) is 0 Å². The number of carbonyl (C=O) groups is 1. The van der Waals surface area contributed by atoms with E-state index in [4.69, 9.17) is 4.74 Å². The van der Waals surface area contributed by atoms with E-state index in [1.54, 1.807) is 18.4 Å². The van der Waals surface area contributed by atoms with Crippen LogP contribution in [0.15, 0.2) is 0 Å². The molecule has 0 amide bonds. The van der Waals surface area contributed by atoms with E-state index >= 15 is 0 Å². The zero-order valence-electron chi connectivity index (χ0n) is 11.4. The maximum absolute atomic E-state index is 11.2. The Kier molecular flexibility index (Phi) is 4.90. The van der Waals surface area contributed by atoms with Gasteiger partial charge in [-0.05, 0) is 6.42 Å². The molecule has 19 heavy (non-hydrogen) atoms. The Labute approximate surface area is 117 Å². The lowest BCUT2D eigenvalue weighted by molar-refractivity contribution is -0.143. The number of carboxylic acids is 1. The van der Waals surface area contributed by atoms with Gasteiger partial charge in [0.05, 0.1) is 17.3 Å². The Bertz CT molecular complexity index is 447. The third-order valence-electron chi connectivity index (χ3n) is 3.44. The highest BCUT2D eigenvalue weighted by atomic mass is 32.1. The first kappa shape index (κ1) is 14.4. The molecule has 0 spiro atoms. The van der Waals surface area contributed by atoms with Crippen LogP contribution in [-0.4, -0.2) is 47.3 Å². The van der Waals surface area contributed by atoms with E-state index in [0.717, 1.165) is 30.1 Å². The van der Waals surface area contributed by atoms with Gasteiger partial charge in [-0.3, -0.25) is 9.69 Å². The van der Waals surface area contributed by atoms with Crippen LogP contribution in [0.4, 0.5) is 0 Å². The largest absolute Gasteiger partial charge is 0.480 e. The number of nitrogens with zero attached hydrogens (tertiary/aromatic N) is 2. The first-order chi connectivity index (χ1) is 9.15. The van der Waals surface area contributed by atoms with Crippen molar-refractivity contribution in [3.05, 3.63) is 15.6 Å². The van der Waals surface area contributed by atoms with E-state index in [-0.39, 0.29) is 6.04 Å². The number of hydrogen-bond acceptors (Lipinski definition) is 5. The molecule has 1 unspecified atom stereocenters. The highest BCUT2D eigenvalue weighted by Crippen LogP contribution is 2.27. The minimum Gasteiger partial charge on any atom is -0.480 e. The number of methoxy groups -OCH3 is 1. The summed E-state index contributed by atoms with van der Waals surface area (Å²) in [6, 6.07) is -0.377. The summed E-state index contributed by atoms with van der Waals surface area (Å²) in [7, 11) is 1.69. The standard InChI is InChI=1S/C13H20N2O3S/c1-3-10(13(16)17)15-6-4-9-11(8-15)19-12(14-9)5-7-18-2/h10H,3-8H2,1-2H3,(H,16,17). The molecular weight excluding hydrogens is 264 g/mol. The molecule has 0 radical (unpaired) electrons.